The first kappa shape index (κ1) is 16.2. The standard InChI is InChI=1S/C15H14FN3O4/c1-23-12-5-6-13(14(8-12)19(21)22)18-15(20)9-17-11-4-2-3-10(16)7-11/h2-8,17H,9H2,1H3,(H,18,20). The number of benzene rings is 2. The number of nitrogens with one attached hydrogen (secondary N) is 2. The highest BCUT2D eigenvalue weighted by Crippen LogP contribution is 2.28. The molecule has 0 aromatic heterocycles. The zero-order valence-electron chi connectivity index (χ0n) is 12.2. The Kier molecular flexibility index (Phi) is 5.08. The molecule has 0 heterocycles. The van der Waals surface area contributed by atoms with Crippen molar-refractivity contribution in [2.75, 3.05) is 24.3 Å². The molecule has 2 rings (SSSR count). The summed E-state index contributed by atoms with van der Waals surface area (Å²) < 4.78 is 17.9. The van der Waals surface area contributed by atoms with Crippen molar-refractivity contribution in [3.05, 3.63) is 58.4 Å². The third-order valence-electron chi connectivity index (χ3n) is 2.95. The van der Waals surface area contributed by atoms with Gasteiger partial charge in [0.05, 0.1) is 24.6 Å². The number of carbonyl (C=O) groups is 1. The van der Waals surface area contributed by atoms with Crippen LogP contribution in [0.5, 0.6) is 5.75 Å². The quantitative estimate of drug-likeness (QED) is 0.631. The third-order valence-corrected chi connectivity index (χ3v) is 2.95. The monoisotopic (exact) mass is 319 g/mol. The average Bonchev–Trinajstić information content (AvgIpc) is 2.53. The SMILES string of the molecule is COc1ccc(NC(=O)CNc2cccc(F)c2)c([N+](=O)[O-])c1. The van der Waals surface area contributed by atoms with Gasteiger partial charge in [0.25, 0.3) is 5.69 Å². The van der Waals surface area contributed by atoms with Crippen molar-refractivity contribution in [3.63, 3.8) is 0 Å². The maximum absolute atomic E-state index is 13.0. The van der Waals surface area contributed by atoms with E-state index in [0.717, 1.165) is 0 Å². The van der Waals surface area contributed by atoms with E-state index in [-0.39, 0.29) is 17.9 Å². The van der Waals surface area contributed by atoms with Gasteiger partial charge in [-0.3, -0.25) is 14.9 Å². The van der Waals surface area contributed by atoms with Crippen LogP contribution in [-0.4, -0.2) is 24.5 Å². The summed E-state index contributed by atoms with van der Waals surface area (Å²) in [7, 11) is 1.39. The Morgan fingerprint density at radius 3 is 2.74 bits per heavy atom. The number of halogens is 1. The van der Waals surface area contributed by atoms with Gasteiger partial charge in [0, 0.05) is 5.69 Å². The Morgan fingerprint density at radius 2 is 2.09 bits per heavy atom. The number of methoxy groups -OCH3 is 1. The van der Waals surface area contributed by atoms with Gasteiger partial charge in [-0.1, -0.05) is 6.07 Å². The van der Waals surface area contributed by atoms with Crippen LogP contribution < -0.4 is 15.4 Å². The normalized spacial score (nSPS) is 10.0. The van der Waals surface area contributed by atoms with Crippen molar-refractivity contribution in [2.24, 2.45) is 0 Å². The minimum atomic E-state index is -0.613. The lowest BCUT2D eigenvalue weighted by Crippen LogP contribution is -2.22. The Balaban J connectivity index is 2.04. The van der Waals surface area contributed by atoms with E-state index >= 15 is 0 Å². The largest absolute Gasteiger partial charge is 0.496 e. The first-order valence-electron chi connectivity index (χ1n) is 6.61. The number of nitrogens with zero attached hydrogens (tertiary/aromatic N) is 1. The fraction of sp³-hybridized carbons (Fsp3) is 0.133. The maximum Gasteiger partial charge on any atom is 0.296 e. The van der Waals surface area contributed by atoms with E-state index in [4.69, 9.17) is 4.74 Å². The molecule has 2 aromatic carbocycles. The van der Waals surface area contributed by atoms with Gasteiger partial charge in [-0.2, -0.15) is 0 Å². The van der Waals surface area contributed by atoms with E-state index in [1.54, 1.807) is 6.07 Å². The van der Waals surface area contributed by atoms with E-state index in [0.29, 0.717) is 11.4 Å². The molecule has 0 fully saturated rings. The van der Waals surface area contributed by atoms with Crippen LogP contribution in [0.25, 0.3) is 0 Å². The first-order chi connectivity index (χ1) is 11.0. The Bertz CT molecular complexity index is 736. The number of rotatable bonds is 6. The fourth-order valence-corrected chi connectivity index (χ4v) is 1.87. The summed E-state index contributed by atoms with van der Waals surface area (Å²) in [5, 5.41) is 16.2. The molecule has 7 nitrogen and oxygen atoms in total. The van der Waals surface area contributed by atoms with Crippen molar-refractivity contribution in [1.29, 1.82) is 0 Å². The number of hydrogen-bond donors (Lipinski definition) is 2. The van der Waals surface area contributed by atoms with E-state index in [1.807, 2.05) is 0 Å². The topological polar surface area (TPSA) is 93.5 Å². The molecule has 0 bridgehead atoms. The predicted octanol–water partition coefficient (Wildman–Crippen LogP) is 2.79. The van der Waals surface area contributed by atoms with Gasteiger partial charge < -0.3 is 15.4 Å². The lowest BCUT2D eigenvalue weighted by atomic mass is 10.2. The molecule has 1 amide bonds. The van der Waals surface area contributed by atoms with Gasteiger partial charge in [-0.15, -0.1) is 0 Å². The molecular weight excluding hydrogens is 305 g/mol. The lowest BCUT2D eigenvalue weighted by Gasteiger charge is -2.09. The molecular formula is C15H14FN3O4. The number of nitro benzene ring substituents is 1. The molecule has 0 spiro atoms. The second-order valence-electron chi connectivity index (χ2n) is 4.55. The Morgan fingerprint density at radius 1 is 1.30 bits per heavy atom. The molecule has 2 aromatic rings. The van der Waals surface area contributed by atoms with Crippen LogP contribution in [-0.2, 0) is 4.79 Å². The average molecular weight is 319 g/mol. The van der Waals surface area contributed by atoms with Gasteiger partial charge in [0.15, 0.2) is 0 Å². The van der Waals surface area contributed by atoms with Gasteiger partial charge >= 0.3 is 0 Å². The Labute approximate surface area is 131 Å². The molecule has 23 heavy (non-hydrogen) atoms. The Hall–Kier alpha value is -3.16. The van der Waals surface area contributed by atoms with Gasteiger partial charge in [-0.25, -0.2) is 4.39 Å². The molecule has 0 aliphatic rings. The van der Waals surface area contributed by atoms with Crippen LogP contribution in [0.15, 0.2) is 42.5 Å². The second kappa shape index (κ2) is 7.21. The molecule has 120 valence electrons. The summed E-state index contributed by atoms with van der Waals surface area (Å²) in [5.74, 6) is -0.615. The van der Waals surface area contributed by atoms with Crippen LogP contribution >= 0.6 is 0 Å². The number of nitro groups is 1. The van der Waals surface area contributed by atoms with Gasteiger partial charge in [-0.05, 0) is 30.3 Å². The molecule has 0 aliphatic heterocycles. The van der Waals surface area contributed by atoms with Gasteiger partial charge in [0.1, 0.15) is 17.3 Å². The second-order valence-corrected chi connectivity index (χ2v) is 4.55. The summed E-state index contributed by atoms with van der Waals surface area (Å²) in [6, 6.07) is 9.74. The number of carbonyl (C=O) groups excluding carboxylic acids is 1. The van der Waals surface area contributed by atoms with Crippen molar-refractivity contribution in [1.82, 2.24) is 0 Å². The van der Waals surface area contributed by atoms with Crippen LogP contribution in [0.2, 0.25) is 0 Å². The van der Waals surface area contributed by atoms with Crippen LogP contribution in [0.1, 0.15) is 0 Å². The smallest absolute Gasteiger partial charge is 0.296 e. The summed E-state index contributed by atoms with van der Waals surface area (Å²) in [5.41, 5.74) is 0.217. The molecule has 0 saturated heterocycles. The van der Waals surface area contributed by atoms with E-state index in [9.17, 15) is 19.3 Å². The predicted molar refractivity (Wildman–Crippen MR) is 83.2 cm³/mol. The van der Waals surface area contributed by atoms with Crippen molar-refractivity contribution in [3.8, 4) is 5.75 Å². The fourth-order valence-electron chi connectivity index (χ4n) is 1.87. The summed E-state index contributed by atoms with van der Waals surface area (Å²) in [6.45, 7) is -0.160. The highest BCUT2D eigenvalue weighted by atomic mass is 19.1. The number of amides is 1. The summed E-state index contributed by atoms with van der Waals surface area (Å²) in [4.78, 5) is 22.3. The van der Waals surface area contributed by atoms with E-state index < -0.39 is 16.6 Å². The van der Waals surface area contributed by atoms with Crippen molar-refractivity contribution >= 4 is 23.0 Å². The molecule has 0 aliphatic carbocycles. The molecule has 2 N–H and O–H groups in total. The van der Waals surface area contributed by atoms with Crippen molar-refractivity contribution in [2.45, 2.75) is 0 Å². The molecule has 0 unspecified atom stereocenters. The van der Waals surface area contributed by atoms with E-state index in [1.165, 1.54) is 43.5 Å². The minimum absolute atomic E-state index is 0.0573. The van der Waals surface area contributed by atoms with E-state index in [2.05, 4.69) is 10.6 Å². The number of hydrogen-bond acceptors (Lipinski definition) is 5. The minimum Gasteiger partial charge on any atom is -0.496 e. The van der Waals surface area contributed by atoms with Crippen LogP contribution in [0.3, 0.4) is 0 Å². The zero-order chi connectivity index (χ0) is 16.8. The van der Waals surface area contributed by atoms with Crippen LogP contribution in [0.4, 0.5) is 21.5 Å². The first-order valence-corrected chi connectivity index (χ1v) is 6.61. The van der Waals surface area contributed by atoms with Gasteiger partial charge in [0.2, 0.25) is 5.91 Å². The number of anilines is 2. The maximum atomic E-state index is 13.0. The highest BCUT2D eigenvalue weighted by Gasteiger charge is 2.17. The highest BCUT2D eigenvalue weighted by molar-refractivity contribution is 5.95. The lowest BCUT2D eigenvalue weighted by molar-refractivity contribution is -0.384. The van der Waals surface area contributed by atoms with Crippen molar-refractivity contribution < 1.29 is 18.8 Å². The summed E-state index contributed by atoms with van der Waals surface area (Å²) >= 11 is 0. The molecule has 0 saturated carbocycles. The molecule has 0 radical (unpaired) electrons. The number of ether oxygens (including phenoxy) is 1. The van der Waals surface area contributed by atoms with Crippen LogP contribution in [0, 0.1) is 15.9 Å². The molecule has 0 atom stereocenters. The third kappa shape index (κ3) is 4.40. The summed E-state index contributed by atoms with van der Waals surface area (Å²) in [6.07, 6.45) is 0. The molecule has 8 heteroatoms. The zero-order valence-corrected chi connectivity index (χ0v) is 12.2.